The standard InChI is InChI=1S/C13H19ClN2O/c1-9(2)4-3-7-16-12(17)8-11(14)15-13(16)10-5-6-10/h8-10H,3-7H2,1-2H3. The minimum Gasteiger partial charge on any atom is -0.296 e. The molecular weight excluding hydrogens is 236 g/mol. The van der Waals surface area contributed by atoms with Crippen LogP contribution in [0.15, 0.2) is 10.9 Å². The quantitative estimate of drug-likeness (QED) is 0.757. The molecule has 0 radical (unpaired) electrons. The van der Waals surface area contributed by atoms with Crippen LogP contribution in [0.1, 0.15) is 51.3 Å². The van der Waals surface area contributed by atoms with Gasteiger partial charge in [-0.05, 0) is 31.6 Å². The highest BCUT2D eigenvalue weighted by Crippen LogP contribution is 2.38. The minimum absolute atomic E-state index is 0.00402. The summed E-state index contributed by atoms with van der Waals surface area (Å²) in [6.45, 7) is 5.17. The van der Waals surface area contributed by atoms with E-state index in [1.165, 1.54) is 6.07 Å². The highest BCUT2D eigenvalue weighted by atomic mass is 35.5. The van der Waals surface area contributed by atoms with E-state index in [-0.39, 0.29) is 5.56 Å². The molecule has 0 atom stereocenters. The SMILES string of the molecule is CC(C)CCCn1c(C2CC2)nc(Cl)cc1=O. The fourth-order valence-electron chi connectivity index (χ4n) is 2.03. The van der Waals surface area contributed by atoms with Crippen LogP contribution < -0.4 is 5.56 Å². The third-order valence-electron chi connectivity index (χ3n) is 3.11. The van der Waals surface area contributed by atoms with Crippen molar-refractivity contribution in [1.29, 1.82) is 0 Å². The summed E-state index contributed by atoms with van der Waals surface area (Å²) >= 11 is 5.85. The van der Waals surface area contributed by atoms with Gasteiger partial charge in [0.2, 0.25) is 0 Å². The Kier molecular flexibility index (Phi) is 3.87. The van der Waals surface area contributed by atoms with Crippen molar-refractivity contribution in [2.75, 3.05) is 0 Å². The van der Waals surface area contributed by atoms with Crippen molar-refractivity contribution in [2.45, 2.75) is 52.0 Å². The zero-order valence-electron chi connectivity index (χ0n) is 10.4. The van der Waals surface area contributed by atoms with Crippen LogP contribution in [-0.2, 0) is 6.54 Å². The molecule has 1 aromatic heterocycles. The van der Waals surface area contributed by atoms with Gasteiger partial charge in [0, 0.05) is 18.5 Å². The third-order valence-corrected chi connectivity index (χ3v) is 3.31. The summed E-state index contributed by atoms with van der Waals surface area (Å²) < 4.78 is 1.81. The van der Waals surface area contributed by atoms with Gasteiger partial charge in [-0.25, -0.2) is 4.98 Å². The van der Waals surface area contributed by atoms with Gasteiger partial charge in [-0.3, -0.25) is 9.36 Å². The van der Waals surface area contributed by atoms with Crippen LogP contribution in [0, 0.1) is 5.92 Å². The van der Waals surface area contributed by atoms with Gasteiger partial charge < -0.3 is 0 Å². The number of nitrogens with zero attached hydrogens (tertiary/aromatic N) is 2. The van der Waals surface area contributed by atoms with Gasteiger partial charge in [-0.15, -0.1) is 0 Å². The second-order valence-electron chi connectivity index (χ2n) is 5.24. The molecule has 4 heteroatoms. The lowest BCUT2D eigenvalue weighted by Crippen LogP contribution is -2.24. The molecule has 0 amide bonds. The smallest absolute Gasteiger partial charge is 0.254 e. The van der Waals surface area contributed by atoms with E-state index in [0.29, 0.717) is 17.0 Å². The van der Waals surface area contributed by atoms with Crippen LogP contribution in [0.25, 0.3) is 0 Å². The summed E-state index contributed by atoms with van der Waals surface area (Å²) in [5.41, 5.74) is -0.00402. The Bertz CT molecular complexity index is 449. The van der Waals surface area contributed by atoms with Gasteiger partial charge >= 0.3 is 0 Å². The first kappa shape index (κ1) is 12.6. The maximum Gasteiger partial charge on any atom is 0.254 e. The van der Waals surface area contributed by atoms with E-state index >= 15 is 0 Å². The molecule has 0 bridgehead atoms. The Morgan fingerprint density at radius 3 is 2.82 bits per heavy atom. The monoisotopic (exact) mass is 254 g/mol. The van der Waals surface area contributed by atoms with Crippen molar-refractivity contribution in [3.8, 4) is 0 Å². The molecule has 2 rings (SSSR count). The highest BCUT2D eigenvalue weighted by molar-refractivity contribution is 6.29. The number of hydrogen-bond acceptors (Lipinski definition) is 2. The molecule has 94 valence electrons. The predicted octanol–water partition coefficient (Wildman–Crippen LogP) is 3.21. The summed E-state index contributed by atoms with van der Waals surface area (Å²) in [7, 11) is 0. The molecule has 0 N–H and O–H groups in total. The van der Waals surface area contributed by atoms with Crippen LogP contribution in [0.2, 0.25) is 5.15 Å². The van der Waals surface area contributed by atoms with Crippen molar-refractivity contribution < 1.29 is 0 Å². The van der Waals surface area contributed by atoms with Crippen molar-refractivity contribution in [1.82, 2.24) is 9.55 Å². The van der Waals surface area contributed by atoms with E-state index in [9.17, 15) is 4.79 Å². The second-order valence-corrected chi connectivity index (χ2v) is 5.62. The van der Waals surface area contributed by atoms with Crippen LogP contribution in [0.3, 0.4) is 0 Å². The normalized spacial score (nSPS) is 15.5. The first-order chi connectivity index (χ1) is 8.08. The van der Waals surface area contributed by atoms with Gasteiger partial charge in [0.25, 0.3) is 5.56 Å². The largest absolute Gasteiger partial charge is 0.296 e. The maximum atomic E-state index is 11.9. The second kappa shape index (κ2) is 5.21. The third kappa shape index (κ3) is 3.32. The van der Waals surface area contributed by atoms with Gasteiger partial charge in [0.05, 0.1) is 0 Å². The van der Waals surface area contributed by atoms with Crippen molar-refractivity contribution in [3.05, 3.63) is 27.4 Å². The molecule has 1 fully saturated rings. The van der Waals surface area contributed by atoms with Gasteiger partial charge in [-0.2, -0.15) is 0 Å². The topological polar surface area (TPSA) is 34.9 Å². The molecule has 0 aliphatic heterocycles. The fraction of sp³-hybridized carbons (Fsp3) is 0.692. The van der Waals surface area contributed by atoms with Crippen LogP contribution in [0.4, 0.5) is 0 Å². The molecular formula is C13H19ClN2O. The zero-order valence-corrected chi connectivity index (χ0v) is 11.2. The Labute approximate surface area is 107 Å². The summed E-state index contributed by atoms with van der Waals surface area (Å²) in [4.78, 5) is 16.2. The first-order valence-electron chi connectivity index (χ1n) is 6.35. The summed E-state index contributed by atoms with van der Waals surface area (Å²) in [5.74, 6) is 2.03. The molecule has 1 saturated carbocycles. The summed E-state index contributed by atoms with van der Waals surface area (Å²) in [5, 5.41) is 0.331. The van der Waals surface area contributed by atoms with E-state index in [1.54, 1.807) is 0 Å². The van der Waals surface area contributed by atoms with Crippen molar-refractivity contribution >= 4 is 11.6 Å². The molecule has 1 heterocycles. The van der Waals surface area contributed by atoms with Gasteiger partial charge in [0.15, 0.2) is 0 Å². The highest BCUT2D eigenvalue weighted by Gasteiger charge is 2.28. The number of rotatable bonds is 5. The molecule has 1 aliphatic rings. The summed E-state index contributed by atoms with van der Waals surface area (Å²) in [6.07, 6.45) is 4.44. The minimum atomic E-state index is -0.00402. The number of halogens is 1. The van der Waals surface area contributed by atoms with E-state index < -0.39 is 0 Å². The average molecular weight is 255 g/mol. The molecule has 3 nitrogen and oxygen atoms in total. The van der Waals surface area contributed by atoms with E-state index in [1.807, 2.05) is 4.57 Å². The van der Waals surface area contributed by atoms with Crippen molar-refractivity contribution in [2.24, 2.45) is 5.92 Å². The molecule has 1 aromatic rings. The lowest BCUT2D eigenvalue weighted by atomic mass is 10.1. The van der Waals surface area contributed by atoms with E-state index in [0.717, 1.165) is 38.1 Å². The molecule has 0 spiro atoms. The van der Waals surface area contributed by atoms with Crippen molar-refractivity contribution in [3.63, 3.8) is 0 Å². The lowest BCUT2D eigenvalue weighted by Gasteiger charge is -2.12. The molecule has 0 unspecified atom stereocenters. The van der Waals surface area contributed by atoms with Gasteiger partial charge in [-0.1, -0.05) is 25.4 Å². The summed E-state index contributed by atoms with van der Waals surface area (Å²) in [6, 6.07) is 1.42. The molecule has 17 heavy (non-hydrogen) atoms. The molecule has 0 saturated heterocycles. The molecule has 0 aromatic carbocycles. The predicted molar refractivity (Wildman–Crippen MR) is 69.6 cm³/mol. The number of hydrogen-bond donors (Lipinski definition) is 0. The van der Waals surface area contributed by atoms with Gasteiger partial charge in [0.1, 0.15) is 11.0 Å². The van der Waals surface area contributed by atoms with E-state index in [4.69, 9.17) is 11.6 Å². The zero-order chi connectivity index (χ0) is 12.4. The lowest BCUT2D eigenvalue weighted by molar-refractivity contribution is 0.492. The van der Waals surface area contributed by atoms with Crippen LogP contribution in [0.5, 0.6) is 0 Å². The Morgan fingerprint density at radius 2 is 2.24 bits per heavy atom. The number of aromatic nitrogens is 2. The van der Waals surface area contributed by atoms with E-state index in [2.05, 4.69) is 18.8 Å². The molecule has 1 aliphatic carbocycles. The average Bonchev–Trinajstić information content (AvgIpc) is 3.03. The Morgan fingerprint density at radius 1 is 1.53 bits per heavy atom. The fourth-order valence-corrected chi connectivity index (χ4v) is 2.21. The maximum absolute atomic E-state index is 11.9. The Balaban J connectivity index is 2.16. The van der Waals surface area contributed by atoms with Crippen LogP contribution in [-0.4, -0.2) is 9.55 Å². The Hall–Kier alpha value is -0.830. The first-order valence-corrected chi connectivity index (χ1v) is 6.73. The van der Waals surface area contributed by atoms with Crippen LogP contribution >= 0.6 is 11.6 Å².